The SMILES string of the molecule is NCCC[Si]O[Si]O[Si]O[Si]. The topological polar surface area (TPSA) is 53.7 Å². The first-order valence-electron chi connectivity index (χ1n) is 2.99. The zero-order valence-electron chi connectivity index (χ0n) is 5.92. The van der Waals surface area contributed by atoms with Crippen molar-refractivity contribution < 1.29 is 12.3 Å². The van der Waals surface area contributed by atoms with Gasteiger partial charge in [-0.25, -0.2) is 0 Å². The van der Waals surface area contributed by atoms with E-state index in [-0.39, 0.29) is 20.0 Å². The van der Waals surface area contributed by atoms with Gasteiger partial charge in [0.25, 0.3) is 0 Å². The lowest BCUT2D eigenvalue weighted by Crippen LogP contribution is -2.13. The van der Waals surface area contributed by atoms with Gasteiger partial charge in [-0.2, -0.15) is 0 Å². The van der Waals surface area contributed by atoms with Crippen LogP contribution in [-0.4, -0.2) is 46.8 Å². The Morgan fingerprint density at radius 1 is 1.27 bits per heavy atom. The highest BCUT2D eigenvalue weighted by Crippen LogP contribution is 1.84. The fraction of sp³-hybridized carbons (Fsp3) is 1.00. The predicted molar refractivity (Wildman–Crippen MR) is 44.7 cm³/mol. The van der Waals surface area contributed by atoms with Gasteiger partial charge in [-0.05, 0) is 19.0 Å². The molecular formula is C3H8NO3Si4. The van der Waals surface area contributed by atoms with E-state index in [2.05, 4.69) is 14.6 Å². The zero-order chi connectivity index (χ0) is 8.36. The van der Waals surface area contributed by atoms with Crippen molar-refractivity contribution in [2.24, 2.45) is 5.73 Å². The third kappa shape index (κ3) is 10.7. The minimum atomic E-state index is 0.00774. The monoisotopic (exact) mass is 218 g/mol. The second-order valence-corrected chi connectivity index (χ2v) is 5.08. The molecule has 2 N–H and O–H groups in total. The van der Waals surface area contributed by atoms with Gasteiger partial charge in [0.1, 0.15) is 0 Å². The summed E-state index contributed by atoms with van der Waals surface area (Å²) < 4.78 is 14.5. The Kier molecular flexibility index (Phi) is 11.4. The minimum absolute atomic E-state index is 0.00774. The van der Waals surface area contributed by atoms with Crippen LogP contribution in [0.3, 0.4) is 0 Å². The largest absolute Gasteiger partial charge is 0.435 e. The molecular weight excluding hydrogens is 210 g/mol. The minimum Gasteiger partial charge on any atom is -0.435 e. The molecule has 4 nitrogen and oxygen atoms in total. The lowest BCUT2D eigenvalue weighted by atomic mass is 10.5. The summed E-state index contributed by atoms with van der Waals surface area (Å²) in [4.78, 5) is 0. The molecule has 0 saturated carbocycles. The van der Waals surface area contributed by atoms with Gasteiger partial charge in [-0.1, -0.05) is 0 Å². The molecule has 0 bridgehead atoms. The molecule has 59 valence electrons. The van der Waals surface area contributed by atoms with Crippen molar-refractivity contribution in [1.29, 1.82) is 0 Å². The third-order valence-corrected chi connectivity index (χ3v) is 3.19. The molecule has 8 heteroatoms. The highest BCUT2D eigenvalue weighted by Gasteiger charge is 1.95. The summed E-state index contributed by atoms with van der Waals surface area (Å²) in [6.45, 7) is 0.728. The highest BCUT2D eigenvalue weighted by atomic mass is 28.4. The molecule has 9 radical (unpaired) electrons. The Morgan fingerprint density at radius 3 is 2.73 bits per heavy atom. The predicted octanol–water partition coefficient (Wildman–Crippen LogP) is -1.43. The van der Waals surface area contributed by atoms with Gasteiger partial charge >= 0.3 is 20.0 Å². The van der Waals surface area contributed by atoms with Crippen LogP contribution in [-0.2, 0) is 12.3 Å². The molecule has 0 aliphatic rings. The molecule has 0 saturated heterocycles. The molecule has 0 unspecified atom stereocenters. The smallest absolute Gasteiger partial charge is 0.411 e. The normalized spacial score (nSPS) is 10.4. The number of hydrogen-bond acceptors (Lipinski definition) is 4. The molecule has 0 spiro atoms. The van der Waals surface area contributed by atoms with E-state index in [1.54, 1.807) is 0 Å². The highest BCUT2D eigenvalue weighted by molar-refractivity contribution is 6.44. The van der Waals surface area contributed by atoms with Crippen molar-refractivity contribution in [3.05, 3.63) is 0 Å². The molecule has 0 aromatic heterocycles. The van der Waals surface area contributed by atoms with Crippen LogP contribution in [0, 0.1) is 0 Å². The summed E-state index contributed by atoms with van der Waals surface area (Å²) >= 11 is 0. The van der Waals surface area contributed by atoms with Gasteiger partial charge in [-0.15, -0.1) is 0 Å². The number of rotatable bonds is 8. The zero-order valence-corrected chi connectivity index (χ0v) is 9.92. The van der Waals surface area contributed by atoms with Crippen molar-refractivity contribution in [3.63, 3.8) is 0 Å². The van der Waals surface area contributed by atoms with Gasteiger partial charge < -0.3 is 18.1 Å². The molecule has 0 amide bonds. The maximum absolute atomic E-state index is 5.29. The van der Waals surface area contributed by atoms with Crippen molar-refractivity contribution in [1.82, 2.24) is 0 Å². The van der Waals surface area contributed by atoms with Crippen molar-refractivity contribution >= 4 is 40.3 Å². The number of nitrogens with two attached hydrogens (primary N) is 1. The standard InChI is InChI=1S/C3H8NO3Si4/c4-2-1-3-9-6-11-7-10-5-8/h1-4H2. The summed E-state index contributed by atoms with van der Waals surface area (Å²) in [6.07, 6.45) is 1.01. The van der Waals surface area contributed by atoms with E-state index < -0.39 is 0 Å². The molecule has 0 aromatic rings. The summed E-state index contributed by atoms with van der Waals surface area (Å²) in [7, 11) is 3.39. The number of hydrogen-bond donors (Lipinski definition) is 1. The van der Waals surface area contributed by atoms with Crippen LogP contribution in [0.1, 0.15) is 6.42 Å². The van der Waals surface area contributed by atoms with E-state index in [1.807, 2.05) is 0 Å². The van der Waals surface area contributed by atoms with Crippen LogP contribution in [0.5, 0.6) is 0 Å². The van der Waals surface area contributed by atoms with Crippen molar-refractivity contribution in [3.8, 4) is 0 Å². The fourth-order valence-electron chi connectivity index (χ4n) is 0.313. The van der Waals surface area contributed by atoms with Crippen LogP contribution in [0.15, 0.2) is 0 Å². The van der Waals surface area contributed by atoms with Crippen LogP contribution in [0.4, 0.5) is 0 Å². The molecule has 0 aromatic carbocycles. The molecule has 0 rings (SSSR count). The Labute approximate surface area is 77.8 Å². The molecule has 0 fully saturated rings. The van der Waals surface area contributed by atoms with Crippen LogP contribution < -0.4 is 5.73 Å². The maximum Gasteiger partial charge on any atom is 0.411 e. The van der Waals surface area contributed by atoms with Gasteiger partial charge in [-0.3, -0.25) is 0 Å². The van der Waals surface area contributed by atoms with Crippen LogP contribution >= 0.6 is 0 Å². The average Bonchev–Trinajstić information content (AvgIpc) is 2.03. The lowest BCUT2D eigenvalue weighted by Gasteiger charge is -1.98. The quantitative estimate of drug-likeness (QED) is 0.401. The van der Waals surface area contributed by atoms with Gasteiger partial charge in [0, 0.05) is 0 Å². The van der Waals surface area contributed by atoms with Gasteiger partial charge in [0.2, 0.25) is 20.2 Å². The van der Waals surface area contributed by atoms with Gasteiger partial charge in [0.05, 0.1) is 0 Å². The van der Waals surface area contributed by atoms with E-state index in [0.717, 1.165) is 19.0 Å². The Bertz CT molecular complexity index is 69.6. The molecule has 0 aliphatic carbocycles. The van der Waals surface area contributed by atoms with E-state index in [9.17, 15) is 0 Å². The summed E-state index contributed by atoms with van der Waals surface area (Å²) in [5.41, 5.74) is 5.29. The first-order valence-corrected chi connectivity index (χ1v) is 6.14. The Hall–Kier alpha value is 0.708. The Morgan fingerprint density at radius 2 is 2.09 bits per heavy atom. The van der Waals surface area contributed by atoms with E-state index in [1.165, 1.54) is 0 Å². The molecule has 0 heterocycles. The van der Waals surface area contributed by atoms with E-state index in [4.69, 9.17) is 14.0 Å². The van der Waals surface area contributed by atoms with E-state index in [0.29, 0.717) is 9.76 Å². The van der Waals surface area contributed by atoms with Gasteiger partial charge in [0.15, 0.2) is 0 Å². The lowest BCUT2D eigenvalue weighted by molar-refractivity contribution is 0.437. The summed E-state index contributed by atoms with van der Waals surface area (Å²) in [6, 6.07) is 1.02. The second-order valence-electron chi connectivity index (χ2n) is 1.51. The third-order valence-electron chi connectivity index (χ3n) is 0.722. The maximum atomic E-state index is 5.29. The average molecular weight is 218 g/mol. The van der Waals surface area contributed by atoms with Crippen LogP contribution in [0.2, 0.25) is 6.04 Å². The van der Waals surface area contributed by atoms with Crippen molar-refractivity contribution in [2.75, 3.05) is 6.54 Å². The second kappa shape index (κ2) is 10.7. The first kappa shape index (κ1) is 11.7. The Balaban J connectivity index is 2.69. The summed E-state index contributed by atoms with van der Waals surface area (Å²) in [5, 5.41) is 0. The molecule has 11 heavy (non-hydrogen) atoms. The van der Waals surface area contributed by atoms with E-state index >= 15 is 0 Å². The molecule has 0 atom stereocenters. The van der Waals surface area contributed by atoms with Crippen LogP contribution in [0.25, 0.3) is 0 Å². The fourth-order valence-corrected chi connectivity index (χ4v) is 2.53. The summed E-state index contributed by atoms with van der Waals surface area (Å²) in [5.74, 6) is 0. The first-order chi connectivity index (χ1) is 5.41. The van der Waals surface area contributed by atoms with Crippen molar-refractivity contribution in [2.45, 2.75) is 12.5 Å². The molecule has 0 aliphatic heterocycles.